The smallest absolute Gasteiger partial charge is 0.410 e. The minimum Gasteiger partial charge on any atom is -0.444 e. The number of benzene rings is 1. The number of ether oxygens (including phenoxy) is 1. The molecule has 200 valence electrons. The first-order chi connectivity index (χ1) is 18.1. The van der Waals surface area contributed by atoms with Gasteiger partial charge in [-0.25, -0.2) is 9.78 Å². The van der Waals surface area contributed by atoms with Crippen molar-refractivity contribution < 1.29 is 19.1 Å². The van der Waals surface area contributed by atoms with Crippen LogP contribution in [0.2, 0.25) is 0 Å². The fourth-order valence-corrected chi connectivity index (χ4v) is 4.77. The van der Waals surface area contributed by atoms with Gasteiger partial charge in [0.2, 0.25) is 11.8 Å². The summed E-state index contributed by atoms with van der Waals surface area (Å²) >= 11 is 0. The number of carbonyl (C=O) groups is 3. The van der Waals surface area contributed by atoms with Gasteiger partial charge in [0.05, 0.1) is 6.42 Å². The summed E-state index contributed by atoms with van der Waals surface area (Å²) in [4.78, 5) is 46.8. The molecule has 1 aliphatic carbocycles. The van der Waals surface area contributed by atoms with Gasteiger partial charge in [-0.05, 0) is 75.3 Å². The second-order valence-corrected chi connectivity index (χ2v) is 11.3. The molecule has 0 bridgehead atoms. The van der Waals surface area contributed by atoms with E-state index in [4.69, 9.17) is 4.74 Å². The van der Waals surface area contributed by atoms with Gasteiger partial charge < -0.3 is 25.3 Å². The first kappa shape index (κ1) is 25.8. The molecule has 0 spiro atoms. The number of hydrogen-bond acceptors (Lipinski definition) is 5. The molecule has 1 saturated heterocycles. The zero-order chi connectivity index (χ0) is 26.9. The van der Waals surface area contributed by atoms with Crippen molar-refractivity contribution in [1.29, 1.82) is 0 Å². The zero-order valence-corrected chi connectivity index (χ0v) is 22.2. The van der Waals surface area contributed by atoms with Crippen molar-refractivity contribution in [3.8, 4) is 11.1 Å². The molecule has 1 aromatic carbocycles. The predicted molar refractivity (Wildman–Crippen MR) is 146 cm³/mol. The molecule has 1 aliphatic heterocycles. The maximum absolute atomic E-state index is 12.8. The number of piperidine rings is 1. The lowest BCUT2D eigenvalue weighted by molar-refractivity contribution is -0.121. The van der Waals surface area contributed by atoms with Crippen molar-refractivity contribution in [2.24, 2.45) is 5.92 Å². The Bertz CT molecular complexity index is 1340. The number of rotatable bonds is 6. The van der Waals surface area contributed by atoms with E-state index in [1.165, 1.54) is 0 Å². The summed E-state index contributed by atoms with van der Waals surface area (Å²) < 4.78 is 5.48. The van der Waals surface area contributed by atoms with Crippen LogP contribution in [0.1, 0.15) is 52.0 Å². The molecule has 3 amide bonds. The minimum atomic E-state index is -0.547. The van der Waals surface area contributed by atoms with Crippen LogP contribution in [0.5, 0.6) is 0 Å². The summed E-state index contributed by atoms with van der Waals surface area (Å²) in [5.74, 6) is 0.570. The van der Waals surface area contributed by atoms with Gasteiger partial charge in [-0.15, -0.1) is 0 Å². The van der Waals surface area contributed by atoms with E-state index in [0.29, 0.717) is 24.6 Å². The third-order valence-corrected chi connectivity index (χ3v) is 6.80. The van der Waals surface area contributed by atoms with E-state index < -0.39 is 5.60 Å². The Morgan fingerprint density at radius 1 is 1.11 bits per heavy atom. The Morgan fingerprint density at radius 3 is 2.58 bits per heavy atom. The first-order valence-electron chi connectivity index (χ1n) is 13.3. The van der Waals surface area contributed by atoms with E-state index >= 15 is 0 Å². The zero-order valence-electron chi connectivity index (χ0n) is 22.2. The first-order valence-corrected chi connectivity index (χ1v) is 13.3. The molecule has 3 N–H and O–H groups in total. The van der Waals surface area contributed by atoms with Crippen molar-refractivity contribution in [2.45, 2.75) is 64.5 Å². The molecule has 1 saturated carbocycles. The SMILES string of the molecule is CC(C)(C)OC(=O)N1CCCC(NC(=O)Cc2ccc(-c3cc(NC(=O)C4CC4)nc4[nH]ccc34)cc2)C1. The number of fused-ring (bicyclic) bond motifs is 1. The molecule has 38 heavy (non-hydrogen) atoms. The van der Waals surface area contributed by atoms with Crippen molar-refractivity contribution >= 4 is 34.8 Å². The molecule has 1 unspecified atom stereocenters. The molecule has 9 nitrogen and oxygen atoms in total. The monoisotopic (exact) mass is 517 g/mol. The second-order valence-electron chi connectivity index (χ2n) is 11.3. The number of amides is 3. The van der Waals surface area contributed by atoms with Crippen LogP contribution in [0.25, 0.3) is 22.2 Å². The fourth-order valence-electron chi connectivity index (χ4n) is 4.77. The Kier molecular flexibility index (Phi) is 7.10. The number of aromatic nitrogens is 2. The van der Waals surface area contributed by atoms with Gasteiger partial charge in [0.1, 0.15) is 17.1 Å². The van der Waals surface area contributed by atoms with E-state index in [0.717, 1.165) is 47.8 Å². The average Bonchev–Trinajstić information content (AvgIpc) is 3.61. The minimum absolute atomic E-state index is 0.0166. The second kappa shape index (κ2) is 10.5. The van der Waals surface area contributed by atoms with E-state index in [-0.39, 0.29) is 36.3 Å². The van der Waals surface area contributed by atoms with Crippen molar-refractivity contribution in [3.63, 3.8) is 0 Å². The molecule has 3 heterocycles. The normalized spacial score (nSPS) is 17.8. The highest BCUT2D eigenvalue weighted by Gasteiger charge is 2.30. The van der Waals surface area contributed by atoms with Crippen LogP contribution in [-0.2, 0) is 20.7 Å². The number of aromatic amines is 1. The van der Waals surface area contributed by atoms with Crippen LogP contribution in [0.3, 0.4) is 0 Å². The lowest BCUT2D eigenvalue weighted by Gasteiger charge is -2.34. The molecular formula is C29H35N5O4. The van der Waals surface area contributed by atoms with Gasteiger partial charge in [-0.2, -0.15) is 0 Å². The maximum Gasteiger partial charge on any atom is 0.410 e. The number of nitrogens with one attached hydrogen (secondary N) is 3. The molecule has 5 rings (SSSR count). The molecule has 9 heteroatoms. The van der Waals surface area contributed by atoms with Crippen LogP contribution < -0.4 is 10.6 Å². The summed E-state index contributed by atoms with van der Waals surface area (Å²) in [7, 11) is 0. The number of nitrogens with zero attached hydrogens (tertiary/aromatic N) is 2. The van der Waals surface area contributed by atoms with Gasteiger partial charge in [0.15, 0.2) is 0 Å². The molecule has 2 aliphatic rings. The number of hydrogen-bond donors (Lipinski definition) is 3. The summed E-state index contributed by atoms with van der Waals surface area (Å²) in [6, 6.07) is 11.7. The Hall–Kier alpha value is -3.88. The molecule has 2 aromatic heterocycles. The van der Waals surface area contributed by atoms with Crippen molar-refractivity contribution in [3.05, 3.63) is 48.2 Å². The van der Waals surface area contributed by atoms with Crippen LogP contribution in [0.15, 0.2) is 42.6 Å². The molecule has 3 aromatic rings. The highest BCUT2D eigenvalue weighted by atomic mass is 16.6. The highest BCUT2D eigenvalue weighted by Crippen LogP contribution is 2.33. The summed E-state index contributed by atoms with van der Waals surface area (Å²) in [6.07, 6.45) is 5.26. The van der Waals surface area contributed by atoms with E-state index in [9.17, 15) is 14.4 Å². The summed E-state index contributed by atoms with van der Waals surface area (Å²) in [5.41, 5.74) is 3.00. The number of pyridine rings is 1. The topological polar surface area (TPSA) is 116 Å². The standard InChI is InChI=1S/C29H35N5O4/c1-29(2,3)38-28(37)34-14-4-5-21(17-34)31-25(35)15-18-6-8-19(9-7-18)23-16-24(33-27(36)20-10-11-20)32-26-22(23)12-13-30-26/h6-9,12-13,16,20-21H,4-5,10-11,14-15,17H2,1-3H3,(H,31,35)(H2,30,32,33,36). The number of likely N-dealkylation sites (tertiary alicyclic amines) is 1. The van der Waals surface area contributed by atoms with Gasteiger partial charge in [-0.3, -0.25) is 9.59 Å². The fraction of sp³-hybridized carbons (Fsp3) is 0.448. The van der Waals surface area contributed by atoms with Crippen LogP contribution in [-0.4, -0.2) is 57.5 Å². The number of H-pyrrole nitrogens is 1. The Morgan fingerprint density at radius 2 is 1.87 bits per heavy atom. The largest absolute Gasteiger partial charge is 0.444 e. The Balaban J connectivity index is 1.22. The number of anilines is 1. The van der Waals surface area contributed by atoms with Crippen LogP contribution in [0, 0.1) is 5.92 Å². The predicted octanol–water partition coefficient (Wildman–Crippen LogP) is 4.64. The quantitative estimate of drug-likeness (QED) is 0.441. The third kappa shape index (κ3) is 6.33. The van der Waals surface area contributed by atoms with Crippen LogP contribution in [0.4, 0.5) is 10.6 Å². The summed E-state index contributed by atoms with van der Waals surface area (Å²) in [6.45, 7) is 6.63. The molecule has 1 atom stereocenters. The molecule has 0 radical (unpaired) electrons. The van der Waals surface area contributed by atoms with Crippen LogP contribution >= 0.6 is 0 Å². The third-order valence-electron chi connectivity index (χ3n) is 6.80. The van der Waals surface area contributed by atoms with Gasteiger partial charge in [0, 0.05) is 36.6 Å². The maximum atomic E-state index is 12.8. The molecule has 2 fully saturated rings. The average molecular weight is 518 g/mol. The highest BCUT2D eigenvalue weighted by molar-refractivity contribution is 5.99. The summed E-state index contributed by atoms with van der Waals surface area (Å²) in [5, 5.41) is 6.98. The Labute approximate surface area is 222 Å². The molecular weight excluding hydrogens is 482 g/mol. The number of carbonyl (C=O) groups excluding carboxylic acids is 3. The van der Waals surface area contributed by atoms with Gasteiger partial charge in [-0.1, -0.05) is 24.3 Å². The lowest BCUT2D eigenvalue weighted by Crippen LogP contribution is -2.50. The van der Waals surface area contributed by atoms with Gasteiger partial charge in [0.25, 0.3) is 0 Å². The lowest BCUT2D eigenvalue weighted by atomic mass is 10.0. The van der Waals surface area contributed by atoms with Crippen molar-refractivity contribution in [1.82, 2.24) is 20.2 Å². The van der Waals surface area contributed by atoms with E-state index in [2.05, 4.69) is 20.6 Å². The van der Waals surface area contributed by atoms with E-state index in [1.54, 1.807) is 4.90 Å². The van der Waals surface area contributed by atoms with Crippen molar-refractivity contribution in [2.75, 3.05) is 18.4 Å². The van der Waals surface area contributed by atoms with Gasteiger partial charge >= 0.3 is 6.09 Å². The van der Waals surface area contributed by atoms with E-state index in [1.807, 2.05) is 63.4 Å².